The van der Waals surface area contributed by atoms with Crippen LogP contribution < -0.4 is 10.1 Å². The molecule has 0 aliphatic carbocycles. The lowest BCUT2D eigenvalue weighted by Crippen LogP contribution is -2.40. The molecule has 1 fully saturated rings. The quantitative estimate of drug-likeness (QED) is 0.653. The Balaban J connectivity index is 1.90. The monoisotopic (exact) mass is 460 g/mol. The Morgan fingerprint density at radius 2 is 1.78 bits per heavy atom. The largest absolute Gasteiger partial charge is 0.496 e. The van der Waals surface area contributed by atoms with Gasteiger partial charge in [-0.1, -0.05) is 45.0 Å². The summed E-state index contributed by atoms with van der Waals surface area (Å²) in [5.41, 5.74) is 2.42. The summed E-state index contributed by atoms with van der Waals surface area (Å²) in [6.45, 7) is 7.47. The third kappa shape index (κ3) is 5.31. The van der Waals surface area contributed by atoms with Gasteiger partial charge in [-0.15, -0.1) is 0 Å². The van der Waals surface area contributed by atoms with Crippen molar-refractivity contribution in [3.63, 3.8) is 0 Å². The molecule has 1 N–H and O–H groups in total. The van der Waals surface area contributed by atoms with Gasteiger partial charge in [-0.3, -0.25) is 4.79 Å². The van der Waals surface area contributed by atoms with Crippen LogP contribution in [-0.2, 0) is 21.2 Å². The molecule has 2 aromatic carbocycles. The predicted octanol–water partition coefficient (Wildman–Crippen LogP) is 3.41. The van der Waals surface area contributed by atoms with E-state index in [2.05, 4.69) is 24.4 Å². The van der Waals surface area contributed by atoms with Gasteiger partial charge in [0.25, 0.3) is 5.91 Å². The second-order valence-corrected chi connectivity index (χ2v) is 10.1. The van der Waals surface area contributed by atoms with Crippen molar-refractivity contribution in [2.24, 2.45) is 5.92 Å². The Labute approximate surface area is 190 Å². The molecule has 2 aromatic rings. The molecule has 1 unspecified atom stereocenters. The predicted molar refractivity (Wildman–Crippen MR) is 123 cm³/mol. The summed E-state index contributed by atoms with van der Waals surface area (Å²) in [4.78, 5) is 13.3. The van der Waals surface area contributed by atoms with Gasteiger partial charge >= 0.3 is 0 Å². The van der Waals surface area contributed by atoms with Crippen molar-refractivity contribution >= 4 is 15.9 Å². The van der Waals surface area contributed by atoms with E-state index >= 15 is 0 Å². The van der Waals surface area contributed by atoms with Gasteiger partial charge in [0.2, 0.25) is 10.0 Å². The molecular weight excluding hydrogens is 428 g/mol. The molecule has 0 radical (unpaired) electrons. The number of carbonyl (C=O) groups is 1. The number of hydrogen-bond donors (Lipinski definition) is 1. The van der Waals surface area contributed by atoms with Crippen LogP contribution in [0.25, 0.3) is 0 Å². The van der Waals surface area contributed by atoms with E-state index in [1.165, 1.54) is 35.2 Å². The summed E-state index contributed by atoms with van der Waals surface area (Å²) >= 11 is 0. The normalized spacial score (nSPS) is 16.0. The van der Waals surface area contributed by atoms with Gasteiger partial charge in [-0.2, -0.15) is 4.31 Å². The molecule has 0 spiro atoms. The maximum atomic E-state index is 13.3. The number of aryl methyl sites for hydroxylation is 1. The Kier molecular flexibility index (Phi) is 7.92. The van der Waals surface area contributed by atoms with E-state index in [0.717, 1.165) is 12.0 Å². The molecule has 0 saturated carbocycles. The number of nitrogens with zero attached hydrogens (tertiary/aromatic N) is 1. The Hall–Kier alpha value is -2.42. The van der Waals surface area contributed by atoms with E-state index in [9.17, 15) is 13.2 Å². The molecule has 0 bridgehead atoms. The van der Waals surface area contributed by atoms with Crippen LogP contribution in [0.1, 0.15) is 48.3 Å². The minimum absolute atomic E-state index is 0.0683. The highest BCUT2D eigenvalue weighted by molar-refractivity contribution is 7.89. The first kappa shape index (κ1) is 24.2. The van der Waals surface area contributed by atoms with E-state index in [-0.39, 0.29) is 28.3 Å². The number of hydrogen-bond acceptors (Lipinski definition) is 5. The molecule has 174 valence electrons. The van der Waals surface area contributed by atoms with Crippen molar-refractivity contribution in [2.75, 3.05) is 33.4 Å². The molecule has 1 aliphatic heterocycles. The molecule has 0 aromatic heterocycles. The SMILES string of the molecule is CCc1ccc(C(NC(=O)c2cc(S(=O)(=O)N3CCOCC3)ccc2OC)C(C)C)cc1. The van der Waals surface area contributed by atoms with Crippen LogP contribution in [0.4, 0.5) is 0 Å². The first-order valence-electron chi connectivity index (χ1n) is 10.9. The number of rotatable bonds is 8. The van der Waals surface area contributed by atoms with Crippen LogP contribution in [0.5, 0.6) is 5.75 Å². The zero-order chi connectivity index (χ0) is 23.3. The Morgan fingerprint density at radius 3 is 2.34 bits per heavy atom. The number of amides is 1. The molecule has 32 heavy (non-hydrogen) atoms. The summed E-state index contributed by atoms with van der Waals surface area (Å²) in [6, 6.07) is 12.4. The molecule has 1 aliphatic rings. The van der Waals surface area contributed by atoms with Gasteiger partial charge in [0.1, 0.15) is 5.75 Å². The van der Waals surface area contributed by atoms with Crippen LogP contribution in [0, 0.1) is 5.92 Å². The number of methoxy groups -OCH3 is 1. The molecule has 1 heterocycles. The molecule has 7 nitrogen and oxygen atoms in total. The third-order valence-electron chi connectivity index (χ3n) is 5.72. The van der Waals surface area contributed by atoms with Crippen LogP contribution >= 0.6 is 0 Å². The van der Waals surface area contributed by atoms with Crippen molar-refractivity contribution in [1.29, 1.82) is 0 Å². The Morgan fingerprint density at radius 1 is 1.12 bits per heavy atom. The molecule has 3 rings (SSSR count). The molecule has 8 heteroatoms. The molecule has 1 atom stereocenters. The average Bonchev–Trinajstić information content (AvgIpc) is 2.82. The van der Waals surface area contributed by atoms with Gasteiger partial charge < -0.3 is 14.8 Å². The molecule has 1 saturated heterocycles. The van der Waals surface area contributed by atoms with Crippen LogP contribution in [-0.4, -0.2) is 52.0 Å². The van der Waals surface area contributed by atoms with E-state index in [0.29, 0.717) is 32.1 Å². The summed E-state index contributed by atoms with van der Waals surface area (Å²) < 4.78 is 38.2. The lowest BCUT2D eigenvalue weighted by atomic mass is 9.94. The lowest BCUT2D eigenvalue weighted by molar-refractivity contribution is 0.0730. The standard InChI is InChI=1S/C24H32N2O5S/c1-5-18-6-8-19(9-7-18)23(17(2)3)25-24(27)21-16-20(10-11-22(21)30-4)32(28,29)26-12-14-31-15-13-26/h6-11,16-17,23H,5,12-15H2,1-4H3,(H,25,27). The van der Waals surface area contributed by atoms with Gasteiger partial charge in [-0.05, 0) is 41.7 Å². The van der Waals surface area contributed by atoms with E-state index < -0.39 is 10.0 Å². The topological polar surface area (TPSA) is 84.9 Å². The zero-order valence-corrected chi connectivity index (χ0v) is 19.9. The third-order valence-corrected chi connectivity index (χ3v) is 7.62. The van der Waals surface area contributed by atoms with E-state index in [1.54, 1.807) is 0 Å². The van der Waals surface area contributed by atoms with Crippen LogP contribution in [0.2, 0.25) is 0 Å². The van der Waals surface area contributed by atoms with Gasteiger partial charge in [-0.25, -0.2) is 8.42 Å². The first-order valence-corrected chi connectivity index (χ1v) is 12.4. The van der Waals surface area contributed by atoms with Gasteiger partial charge in [0, 0.05) is 13.1 Å². The number of benzene rings is 2. The van der Waals surface area contributed by atoms with E-state index in [4.69, 9.17) is 9.47 Å². The number of morpholine rings is 1. The highest BCUT2D eigenvalue weighted by Gasteiger charge is 2.29. The Bertz CT molecular complexity index is 1030. The molecular formula is C24H32N2O5S. The van der Waals surface area contributed by atoms with Crippen molar-refractivity contribution in [3.05, 3.63) is 59.2 Å². The zero-order valence-electron chi connectivity index (χ0n) is 19.1. The smallest absolute Gasteiger partial charge is 0.255 e. The average molecular weight is 461 g/mol. The van der Waals surface area contributed by atoms with Crippen molar-refractivity contribution in [3.8, 4) is 5.75 Å². The van der Waals surface area contributed by atoms with Crippen molar-refractivity contribution < 1.29 is 22.7 Å². The van der Waals surface area contributed by atoms with Gasteiger partial charge in [0.05, 0.1) is 36.8 Å². The second-order valence-electron chi connectivity index (χ2n) is 8.17. The van der Waals surface area contributed by atoms with Crippen LogP contribution in [0.3, 0.4) is 0 Å². The fourth-order valence-electron chi connectivity index (χ4n) is 3.78. The fourth-order valence-corrected chi connectivity index (χ4v) is 5.21. The fraction of sp³-hybridized carbons (Fsp3) is 0.458. The number of nitrogens with one attached hydrogen (secondary N) is 1. The van der Waals surface area contributed by atoms with Crippen LogP contribution in [0.15, 0.2) is 47.4 Å². The lowest BCUT2D eigenvalue weighted by Gasteiger charge is -2.26. The van der Waals surface area contributed by atoms with Crippen molar-refractivity contribution in [1.82, 2.24) is 9.62 Å². The minimum Gasteiger partial charge on any atom is -0.496 e. The maximum absolute atomic E-state index is 13.3. The number of ether oxygens (including phenoxy) is 2. The highest BCUT2D eigenvalue weighted by atomic mass is 32.2. The minimum atomic E-state index is -3.73. The number of sulfonamides is 1. The molecule has 1 amide bonds. The first-order chi connectivity index (χ1) is 15.3. The number of carbonyl (C=O) groups excluding carboxylic acids is 1. The highest BCUT2D eigenvalue weighted by Crippen LogP contribution is 2.28. The van der Waals surface area contributed by atoms with Crippen molar-refractivity contribution in [2.45, 2.75) is 38.1 Å². The second kappa shape index (κ2) is 10.5. The van der Waals surface area contributed by atoms with Gasteiger partial charge in [0.15, 0.2) is 0 Å². The summed E-state index contributed by atoms with van der Waals surface area (Å²) in [7, 11) is -2.27. The maximum Gasteiger partial charge on any atom is 0.255 e. The summed E-state index contributed by atoms with van der Waals surface area (Å²) in [6.07, 6.45) is 0.945. The summed E-state index contributed by atoms with van der Waals surface area (Å²) in [5, 5.41) is 3.07. The van der Waals surface area contributed by atoms with E-state index in [1.807, 2.05) is 26.0 Å². The summed E-state index contributed by atoms with van der Waals surface area (Å²) in [5.74, 6) is 0.0871.